The van der Waals surface area contributed by atoms with Gasteiger partial charge in [0.1, 0.15) is 0 Å². The minimum Gasteiger partial charge on any atom is -0.368 e. The lowest BCUT2D eigenvalue weighted by atomic mass is 9.94. The topological polar surface area (TPSA) is 55.0 Å². The number of nitrogens with zero attached hydrogens (tertiary/aromatic N) is 3. The third-order valence-electron chi connectivity index (χ3n) is 3.79. The molecule has 0 radical (unpaired) electrons. The highest BCUT2D eigenvalue weighted by molar-refractivity contribution is 7.17. The molecular weight excluding hydrogens is 244 g/mol. The van der Waals surface area contributed by atoms with Gasteiger partial charge in [0, 0.05) is 13.1 Å². The van der Waals surface area contributed by atoms with Crippen molar-refractivity contribution in [1.29, 1.82) is 0 Å². The molecule has 0 bridgehead atoms. The van der Waals surface area contributed by atoms with E-state index in [1.807, 2.05) is 6.07 Å². The van der Waals surface area contributed by atoms with Crippen LogP contribution in [0.25, 0.3) is 10.2 Å². The lowest BCUT2D eigenvalue weighted by Gasteiger charge is -2.32. The second-order valence-corrected chi connectivity index (χ2v) is 5.80. The molecule has 2 aromatic heterocycles. The van der Waals surface area contributed by atoms with Gasteiger partial charge in [0.2, 0.25) is 5.95 Å². The fourth-order valence-electron chi connectivity index (χ4n) is 2.63. The van der Waals surface area contributed by atoms with Crippen LogP contribution in [0.3, 0.4) is 0 Å². The quantitative estimate of drug-likeness (QED) is 0.904. The molecule has 0 spiro atoms. The van der Waals surface area contributed by atoms with Crippen molar-refractivity contribution in [2.75, 3.05) is 23.7 Å². The molecule has 0 unspecified atom stereocenters. The van der Waals surface area contributed by atoms with Crippen LogP contribution in [-0.4, -0.2) is 23.1 Å². The maximum atomic E-state index is 5.80. The maximum absolute atomic E-state index is 5.80. The van der Waals surface area contributed by atoms with Gasteiger partial charge in [-0.2, -0.15) is 4.98 Å². The zero-order valence-electron chi connectivity index (χ0n) is 10.6. The van der Waals surface area contributed by atoms with Crippen molar-refractivity contribution in [2.24, 2.45) is 5.92 Å². The number of hydrogen-bond acceptors (Lipinski definition) is 5. The van der Waals surface area contributed by atoms with Gasteiger partial charge in [-0.15, -0.1) is 11.3 Å². The molecule has 1 saturated heterocycles. The number of nitrogen functional groups attached to an aromatic ring is 1. The summed E-state index contributed by atoms with van der Waals surface area (Å²) in [6.45, 7) is 4.45. The van der Waals surface area contributed by atoms with Crippen molar-refractivity contribution >= 4 is 33.3 Å². The van der Waals surface area contributed by atoms with E-state index in [4.69, 9.17) is 5.73 Å². The molecule has 1 aliphatic heterocycles. The summed E-state index contributed by atoms with van der Waals surface area (Å²) in [7, 11) is 0. The van der Waals surface area contributed by atoms with E-state index in [2.05, 4.69) is 27.2 Å². The van der Waals surface area contributed by atoms with Gasteiger partial charge in [0.25, 0.3) is 0 Å². The van der Waals surface area contributed by atoms with Crippen molar-refractivity contribution in [3.63, 3.8) is 0 Å². The molecule has 0 aromatic carbocycles. The Bertz CT molecular complexity index is 543. The first-order chi connectivity index (χ1) is 8.78. The van der Waals surface area contributed by atoms with Crippen molar-refractivity contribution in [3.8, 4) is 0 Å². The highest BCUT2D eigenvalue weighted by Gasteiger charge is 2.21. The van der Waals surface area contributed by atoms with Crippen LogP contribution in [0.5, 0.6) is 0 Å². The van der Waals surface area contributed by atoms with Gasteiger partial charge in [-0.25, -0.2) is 4.98 Å². The largest absolute Gasteiger partial charge is 0.368 e. The molecule has 4 nitrogen and oxygen atoms in total. The van der Waals surface area contributed by atoms with E-state index >= 15 is 0 Å². The molecule has 18 heavy (non-hydrogen) atoms. The minimum atomic E-state index is 0.383. The number of hydrogen-bond donors (Lipinski definition) is 1. The number of aromatic nitrogens is 2. The maximum Gasteiger partial charge on any atom is 0.222 e. The van der Waals surface area contributed by atoms with E-state index in [1.165, 1.54) is 24.0 Å². The number of piperidine rings is 1. The lowest BCUT2D eigenvalue weighted by molar-refractivity contribution is 0.394. The first-order valence-electron chi connectivity index (χ1n) is 6.53. The smallest absolute Gasteiger partial charge is 0.222 e. The zero-order chi connectivity index (χ0) is 12.5. The SMILES string of the molecule is CCC1CCN(c2nc(N)nc3ccsc23)CC1. The molecule has 0 amide bonds. The van der Waals surface area contributed by atoms with Gasteiger partial charge in [0.05, 0.1) is 10.2 Å². The third kappa shape index (κ3) is 2.03. The number of rotatable bonds is 2. The summed E-state index contributed by atoms with van der Waals surface area (Å²) in [6, 6.07) is 2.01. The summed E-state index contributed by atoms with van der Waals surface area (Å²) in [5.41, 5.74) is 6.77. The highest BCUT2D eigenvalue weighted by atomic mass is 32.1. The normalized spacial score (nSPS) is 17.5. The Kier molecular flexibility index (Phi) is 3.07. The van der Waals surface area contributed by atoms with Gasteiger partial charge in [-0.1, -0.05) is 13.3 Å². The Hall–Kier alpha value is -1.36. The second kappa shape index (κ2) is 4.72. The molecule has 0 atom stereocenters. The number of fused-ring (bicyclic) bond motifs is 1. The Balaban J connectivity index is 1.92. The predicted molar refractivity (Wildman–Crippen MR) is 77.1 cm³/mol. The van der Waals surface area contributed by atoms with Crippen LogP contribution in [0.1, 0.15) is 26.2 Å². The Morgan fingerprint density at radius 2 is 2.17 bits per heavy atom. The molecule has 3 rings (SSSR count). The molecule has 1 fully saturated rings. The van der Waals surface area contributed by atoms with Crippen LogP contribution < -0.4 is 10.6 Å². The van der Waals surface area contributed by atoms with Crippen molar-refractivity contribution < 1.29 is 0 Å². The van der Waals surface area contributed by atoms with Crippen LogP contribution in [0.2, 0.25) is 0 Å². The van der Waals surface area contributed by atoms with Gasteiger partial charge in [-0.3, -0.25) is 0 Å². The standard InChI is InChI=1S/C13H18N4S/c1-2-9-3-6-17(7-4-9)12-11-10(5-8-18-11)15-13(14)16-12/h5,8-9H,2-4,6-7H2,1H3,(H2,14,15,16). The van der Waals surface area contributed by atoms with Crippen LogP contribution in [0.15, 0.2) is 11.4 Å². The average molecular weight is 262 g/mol. The second-order valence-electron chi connectivity index (χ2n) is 4.88. The van der Waals surface area contributed by atoms with E-state index in [0.717, 1.165) is 30.3 Å². The molecule has 96 valence electrons. The van der Waals surface area contributed by atoms with Gasteiger partial charge in [0.15, 0.2) is 5.82 Å². The Morgan fingerprint density at radius 3 is 2.89 bits per heavy atom. The monoisotopic (exact) mass is 262 g/mol. The Morgan fingerprint density at radius 1 is 1.39 bits per heavy atom. The zero-order valence-corrected chi connectivity index (χ0v) is 11.4. The van der Waals surface area contributed by atoms with Crippen molar-refractivity contribution in [2.45, 2.75) is 26.2 Å². The van der Waals surface area contributed by atoms with Crippen molar-refractivity contribution in [1.82, 2.24) is 9.97 Å². The summed E-state index contributed by atoms with van der Waals surface area (Å²) >= 11 is 1.70. The molecule has 0 saturated carbocycles. The fourth-order valence-corrected chi connectivity index (χ4v) is 3.48. The summed E-state index contributed by atoms with van der Waals surface area (Å²) in [4.78, 5) is 11.1. The first-order valence-corrected chi connectivity index (χ1v) is 7.41. The molecule has 1 aliphatic rings. The average Bonchev–Trinajstić information content (AvgIpc) is 2.86. The van der Waals surface area contributed by atoms with Crippen LogP contribution in [-0.2, 0) is 0 Å². The summed E-state index contributed by atoms with van der Waals surface area (Å²) in [5.74, 6) is 2.29. The van der Waals surface area contributed by atoms with Crippen LogP contribution in [0, 0.1) is 5.92 Å². The molecule has 3 heterocycles. The van der Waals surface area contributed by atoms with Gasteiger partial charge >= 0.3 is 0 Å². The molecule has 2 N–H and O–H groups in total. The molecule has 0 aliphatic carbocycles. The highest BCUT2D eigenvalue weighted by Crippen LogP contribution is 2.32. The lowest BCUT2D eigenvalue weighted by Crippen LogP contribution is -2.34. The summed E-state index contributed by atoms with van der Waals surface area (Å²) < 4.78 is 1.17. The predicted octanol–water partition coefficient (Wildman–Crippen LogP) is 2.90. The van der Waals surface area contributed by atoms with Crippen LogP contribution in [0.4, 0.5) is 11.8 Å². The third-order valence-corrected chi connectivity index (χ3v) is 4.69. The van der Waals surface area contributed by atoms with Crippen LogP contribution >= 0.6 is 11.3 Å². The minimum absolute atomic E-state index is 0.383. The van der Waals surface area contributed by atoms with E-state index in [1.54, 1.807) is 11.3 Å². The van der Waals surface area contributed by atoms with Crippen molar-refractivity contribution in [3.05, 3.63) is 11.4 Å². The van der Waals surface area contributed by atoms with Gasteiger partial charge < -0.3 is 10.6 Å². The van der Waals surface area contributed by atoms with E-state index in [0.29, 0.717) is 5.95 Å². The fraction of sp³-hybridized carbons (Fsp3) is 0.538. The summed E-state index contributed by atoms with van der Waals surface area (Å²) in [5, 5.41) is 2.06. The van der Waals surface area contributed by atoms with Gasteiger partial charge in [-0.05, 0) is 30.2 Å². The number of anilines is 2. The summed E-state index contributed by atoms with van der Waals surface area (Å²) in [6.07, 6.45) is 3.80. The molecule has 2 aromatic rings. The molecular formula is C13H18N4S. The number of thiophene rings is 1. The van der Waals surface area contributed by atoms with E-state index in [-0.39, 0.29) is 0 Å². The van der Waals surface area contributed by atoms with E-state index in [9.17, 15) is 0 Å². The molecule has 5 heteroatoms. The number of nitrogens with two attached hydrogens (primary N) is 1. The Labute approximate surface area is 111 Å². The first kappa shape index (κ1) is 11.7. The van der Waals surface area contributed by atoms with E-state index < -0.39 is 0 Å².